The van der Waals surface area contributed by atoms with E-state index in [1.807, 2.05) is 30.3 Å². The number of carbonyl (C=O) groups excluding carboxylic acids is 2. The number of amides is 2. The Morgan fingerprint density at radius 3 is 2.33 bits per heavy atom. The largest absolute Gasteiger partial charge is 0.350 e. The molecule has 218 valence electrons. The topological polar surface area (TPSA) is 125 Å². The number of nitrogens with one attached hydrogen (secondary N) is 2. The summed E-state index contributed by atoms with van der Waals surface area (Å²) in [5, 5.41) is 5.76. The third-order valence-corrected chi connectivity index (χ3v) is 10.1. The second-order valence-corrected chi connectivity index (χ2v) is 13.1. The zero-order valence-electron chi connectivity index (χ0n) is 23.3. The van der Waals surface area contributed by atoms with Crippen LogP contribution in [0.4, 0.5) is 10.1 Å². The van der Waals surface area contributed by atoms with Crippen molar-refractivity contribution < 1.29 is 22.4 Å². The van der Waals surface area contributed by atoms with Crippen LogP contribution in [0.1, 0.15) is 39.2 Å². The van der Waals surface area contributed by atoms with E-state index in [1.165, 1.54) is 32.9 Å². The summed E-state index contributed by atoms with van der Waals surface area (Å²) in [5.41, 5.74) is 8.02. The third kappa shape index (κ3) is 7.45. The average Bonchev–Trinajstić information content (AvgIpc) is 3.54. The van der Waals surface area contributed by atoms with Crippen LogP contribution >= 0.6 is 0 Å². The highest BCUT2D eigenvalue weighted by atomic mass is 32.2. The van der Waals surface area contributed by atoms with Gasteiger partial charge in [0.15, 0.2) is 0 Å². The molecule has 4 rings (SSSR count). The van der Waals surface area contributed by atoms with Crippen LogP contribution in [0.5, 0.6) is 0 Å². The van der Waals surface area contributed by atoms with Gasteiger partial charge in [0.1, 0.15) is 11.9 Å². The molecule has 0 bridgehead atoms. The van der Waals surface area contributed by atoms with E-state index in [0.29, 0.717) is 37.0 Å². The summed E-state index contributed by atoms with van der Waals surface area (Å²) in [7, 11) is -3.73. The Hall–Kier alpha value is -2.86. The second-order valence-electron chi connectivity index (χ2n) is 11.2. The minimum absolute atomic E-state index is 0.258. The highest BCUT2D eigenvalue weighted by Crippen LogP contribution is 2.39. The number of nitrogens with zero attached hydrogens (tertiary/aromatic N) is 2. The zero-order valence-corrected chi connectivity index (χ0v) is 24.1. The number of carbonyl (C=O) groups is 2. The van der Waals surface area contributed by atoms with Crippen LogP contribution in [-0.4, -0.2) is 66.6 Å². The molecule has 0 radical (unpaired) electrons. The molecule has 0 aromatic heterocycles. The van der Waals surface area contributed by atoms with Crippen molar-refractivity contribution in [3.05, 3.63) is 66.0 Å². The maximum Gasteiger partial charge on any atom is 0.282 e. The normalized spacial score (nSPS) is 23.6. The molecule has 6 atom stereocenters. The molecule has 0 spiro atoms. The van der Waals surface area contributed by atoms with Gasteiger partial charge < -0.3 is 16.4 Å². The number of nitrogens with two attached hydrogens (primary N) is 1. The Labute approximate surface area is 236 Å². The molecule has 2 aromatic rings. The first-order valence-electron chi connectivity index (χ1n) is 13.9. The minimum Gasteiger partial charge on any atom is -0.350 e. The van der Waals surface area contributed by atoms with Crippen molar-refractivity contribution in [3.8, 4) is 0 Å². The van der Waals surface area contributed by atoms with Crippen molar-refractivity contribution in [2.45, 2.75) is 58.2 Å². The van der Waals surface area contributed by atoms with Crippen molar-refractivity contribution in [2.75, 3.05) is 25.0 Å². The van der Waals surface area contributed by atoms with Gasteiger partial charge in [-0.05, 0) is 67.9 Å². The quantitative estimate of drug-likeness (QED) is 0.360. The van der Waals surface area contributed by atoms with Gasteiger partial charge in [-0.1, -0.05) is 44.2 Å². The van der Waals surface area contributed by atoms with E-state index >= 15 is 0 Å². The first-order chi connectivity index (χ1) is 19.0. The minimum atomic E-state index is -3.73. The van der Waals surface area contributed by atoms with E-state index < -0.39 is 46.0 Å². The lowest BCUT2D eigenvalue weighted by molar-refractivity contribution is -0.125. The summed E-state index contributed by atoms with van der Waals surface area (Å²) in [4.78, 5) is 26.2. The Kier molecular flexibility index (Phi) is 9.60. The molecule has 2 aromatic carbocycles. The van der Waals surface area contributed by atoms with Gasteiger partial charge in [0, 0.05) is 43.3 Å². The van der Waals surface area contributed by atoms with Crippen LogP contribution in [-0.2, 0) is 26.2 Å². The van der Waals surface area contributed by atoms with Gasteiger partial charge in [0.25, 0.3) is 10.2 Å². The van der Waals surface area contributed by atoms with Crippen molar-refractivity contribution in [3.63, 3.8) is 0 Å². The Balaban J connectivity index is 1.41. The molecule has 9 nitrogen and oxygen atoms in total. The molecule has 1 saturated carbocycles. The van der Waals surface area contributed by atoms with Crippen molar-refractivity contribution in [1.82, 2.24) is 13.9 Å². The van der Waals surface area contributed by atoms with Crippen LogP contribution in [0.25, 0.3) is 0 Å². The molecule has 1 heterocycles. The van der Waals surface area contributed by atoms with Crippen LogP contribution in [0.2, 0.25) is 0 Å². The predicted molar refractivity (Wildman–Crippen MR) is 153 cm³/mol. The highest BCUT2D eigenvalue weighted by molar-refractivity contribution is 7.87. The number of rotatable bonds is 12. The lowest BCUT2D eigenvalue weighted by atomic mass is 9.92. The molecule has 1 saturated heterocycles. The van der Waals surface area contributed by atoms with Crippen molar-refractivity contribution in [2.24, 2.45) is 23.5 Å². The maximum absolute atomic E-state index is 13.4. The van der Waals surface area contributed by atoms with Gasteiger partial charge in [-0.15, -0.1) is 0 Å². The fourth-order valence-electron chi connectivity index (χ4n) is 5.17. The van der Waals surface area contributed by atoms with E-state index in [2.05, 4.69) is 17.6 Å². The first kappa shape index (κ1) is 30.1. The number of halogens is 1. The van der Waals surface area contributed by atoms with E-state index in [1.54, 1.807) is 13.8 Å². The molecule has 1 aliphatic heterocycles. The van der Waals surface area contributed by atoms with E-state index in [4.69, 9.17) is 5.73 Å². The highest BCUT2D eigenvalue weighted by Gasteiger charge is 2.45. The van der Waals surface area contributed by atoms with E-state index in [9.17, 15) is 22.4 Å². The number of hydrogen-bond acceptors (Lipinski definition) is 5. The second kappa shape index (κ2) is 12.8. The first-order valence-corrected chi connectivity index (χ1v) is 15.3. The zero-order chi connectivity index (χ0) is 29.0. The molecule has 4 N–H and O–H groups in total. The summed E-state index contributed by atoms with van der Waals surface area (Å²) >= 11 is 0. The van der Waals surface area contributed by atoms with Crippen LogP contribution in [0.15, 0.2) is 54.6 Å². The van der Waals surface area contributed by atoms with Crippen LogP contribution in [0.3, 0.4) is 0 Å². The van der Waals surface area contributed by atoms with Gasteiger partial charge in [0.05, 0.1) is 0 Å². The lowest BCUT2D eigenvalue weighted by Gasteiger charge is -2.30. The molecule has 2 aliphatic rings. The van der Waals surface area contributed by atoms with Crippen LogP contribution in [0, 0.1) is 23.6 Å². The Bertz CT molecular complexity index is 1280. The van der Waals surface area contributed by atoms with E-state index in [0.717, 1.165) is 12.0 Å². The van der Waals surface area contributed by atoms with Gasteiger partial charge in [-0.2, -0.15) is 17.0 Å². The lowest BCUT2D eigenvalue weighted by Crippen LogP contribution is -2.55. The maximum atomic E-state index is 13.4. The fourth-order valence-corrected chi connectivity index (χ4v) is 6.97. The van der Waals surface area contributed by atoms with Gasteiger partial charge in [-0.25, -0.2) is 4.39 Å². The monoisotopic (exact) mass is 573 g/mol. The van der Waals surface area contributed by atoms with Gasteiger partial charge in [-0.3, -0.25) is 9.59 Å². The SMILES string of the molecule is CC1CC1CN1CCN([C@H](C)C(=O)N[C@@H](Cc2ccccc2)[C@@H](N)C[C@@H](C)C(=O)Nc2ccc(F)cc2)S1(=O)=O. The third-order valence-electron chi connectivity index (χ3n) is 8.05. The molecule has 1 aliphatic carbocycles. The summed E-state index contributed by atoms with van der Waals surface area (Å²) in [5.74, 6) is -0.670. The van der Waals surface area contributed by atoms with Gasteiger partial charge >= 0.3 is 0 Å². The van der Waals surface area contributed by atoms with E-state index in [-0.39, 0.29) is 18.9 Å². The summed E-state index contributed by atoms with van der Waals surface area (Å²) in [6, 6.07) is 13.0. The number of anilines is 1. The standard InChI is InChI=1S/C29H40FN5O4S/c1-19-15-23(19)18-34-13-14-35(40(34,38)39)21(3)29(37)33-27(17-22-7-5-4-6-8-22)26(31)16-20(2)28(36)32-25-11-9-24(30)10-12-25/h4-12,19-21,23,26-27H,13-18,31H2,1-3H3,(H,32,36)(H,33,37)/t19?,20-,21-,23?,26+,27+/m1/s1. The molecule has 40 heavy (non-hydrogen) atoms. The summed E-state index contributed by atoms with van der Waals surface area (Å²) in [6.45, 7) is 6.58. The Morgan fingerprint density at radius 2 is 1.70 bits per heavy atom. The van der Waals surface area contributed by atoms with Gasteiger partial charge in [0.2, 0.25) is 11.8 Å². The molecular formula is C29H40FN5O4S. The molecule has 2 fully saturated rings. The van der Waals surface area contributed by atoms with Crippen LogP contribution < -0.4 is 16.4 Å². The summed E-state index contributed by atoms with van der Waals surface area (Å²) < 4.78 is 42.3. The van der Waals surface area contributed by atoms with Crippen molar-refractivity contribution in [1.29, 1.82) is 0 Å². The summed E-state index contributed by atoms with van der Waals surface area (Å²) in [6.07, 6.45) is 1.72. The fraction of sp³-hybridized carbons (Fsp3) is 0.517. The average molecular weight is 574 g/mol. The number of hydrogen-bond donors (Lipinski definition) is 3. The van der Waals surface area contributed by atoms with Crippen molar-refractivity contribution >= 4 is 27.7 Å². The predicted octanol–water partition coefficient (Wildman–Crippen LogP) is 2.75. The Morgan fingerprint density at radius 1 is 1.05 bits per heavy atom. The number of benzene rings is 2. The molecule has 2 amide bonds. The molecule has 11 heteroatoms. The molecule has 2 unspecified atom stereocenters. The smallest absolute Gasteiger partial charge is 0.282 e. The molecular weight excluding hydrogens is 533 g/mol.